The van der Waals surface area contributed by atoms with Crippen LogP contribution in [0.25, 0.3) is 0 Å². The maximum atomic E-state index is 5.02. The van der Waals surface area contributed by atoms with Gasteiger partial charge in [-0.1, -0.05) is 13.8 Å². The largest absolute Gasteiger partial charge is 0.385 e. The topological polar surface area (TPSA) is 21.3 Å². The normalized spacial score (nSPS) is 25.5. The first-order chi connectivity index (χ1) is 6.64. The van der Waals surface area contributed by atoms with Gasteiger partial charge in [0.05, 0.1) is 0 Å². The minimum absolute atomic E-state index is 0.574. The molecule has 0 heterocycles. The van der Waals surface area contributed by atoms with Crippen molar-refractivity contribution >= 4 is 0 Å². The molecular formula is C12H25NO. The molecule has 1 atom stereocenters. The van der Waals surface area contributed by atoms with Crippen molar-refractivity contribution in [3.05, 3.63) is 0 Å². The molecule has 1 saturated carbocycles. The molecular weight excluding hydrogens is 174 g/mol. The Labute approximate surface area is 88.4 Å². The molecule has 2 heteroatoms. The molecule has 1 rings (SSSR count). The number of methoxy groups -OCH3 is 1. The zero-order chi connectivity index (χ0) is 10.4. The third kappa shape index (κ3) is 4.43. The Kier molecular flexibility index (Phi) is 4.90. The maximum Gasteiger partial charge on any atom is 0.0462 e. The van der Waals surface area contributed by atoms with E-state index in [1.54, 1.807) is 7.11 Å². The third-order valence-electron chi connectivity index (χ3n) is 3.18. The average molecular weight is 199 g/mol. The van der Waals surface area contributed by atoms with Gasteiger partial charge >= 0.3 is 0 Å². The van der Waals surface area contributed by atoms with Gasteiger partial charge in [0.2, 0.25) is 0 Å². The second kappa shape index (κ2) is 5.72. The Balaban J connectivity index is 1.98. The van der Waals surface area contributed by atoms with Gasteiger partial charge in [-0.25, -0.2) is 0 Å². The predicted octanol–water partition coefficient (Wildman–Crippen LogP) is 2.58. The van der Waals surface area contributed by atoms with Crippen LogP contribution in [0.3, 0.4) is 0 Å². The van der Waals surface area contributed by atoms with Crippen molar-refractivity contribution in [2.24, 2.45) is 5.41 Å². The van der Waals surface area contributed by atoms with E-state index in [1.165, 1.54) is 32.1 Å². The van der Waals surface area contributed by atoms with Crippen molar-refractivity contribution in [2.75, 3.05) is 20.3 Å². The van der Waals surface area contributed by atoms with Gasteiger partial charge in [0.15, 0.2) is 0 Å². The highest BCUT2D eigenvalue weighted by molar-refractivity contribution is 4.86. The molecule has 0 saturated heterocycles. The highest BCUT2D eigenvalue weighted by Crippen LogP contribution is 2.36. The fraction of sp³-hybridized carbons (Fsp3) is 1.00. The molecule has 0 aromatic rings. The van der Waals surface area contributed by atoms with E-state index in [2.05, 4.69) is 19.2 Å². The van der Waals surface area contributed by atoms with Gasteiger partial charge in [-0.2, -0.15) is 0 Å². The first-order valence-electron chi connectivity index (χ1n) is 5.86. The number of hydrogen-bond acceptors (Lipinski definition) is 2. The van der Waals surface area contributed by atoms with Crippen molar-refractivity contribution in [3.63, 3.8) is 0 Å². The SMILES string of the molecule is COCCCCNC1CCC(C)(C)C1. The van der Waals surface area contributed by atoms with E-state index < -0.39 is 0 Å². The molecule has 1 unspecified atom stereocenters. The second-order valence-electron chi connectivity index (χ2n) is 5.26. The van der Waals surface area contributed by atoms with Crippen LogP contribution in [0.2, 0.25) is 0 Å². The monoisotopic (exact) mass is 199 g/mol. The molecule has 1 N–H and O–H groups in total. The van der Waals surface area contributed by atoms with E-state index in [4.69, 9.17) is 4.74 Å². The molecule has 84 valence electrons. The lowest BCUT2D eigenvalue weighted by Gasteiger charge is -2.17. The van der Waals surface area contributed by atoms with Gasteiger partial charge in [0.1, 0.15) is 0 Å². The molecule has 1 aliphatic rings. The molecule has 0 aliphatic heterocycles. The van der Waals surface area contributed by atoms with Crippen molar-refractivity contribution < 1.29 is 4.74 Å². The Morgan fingerprint density at radius 3 is 2.71 bits per heavy atom. The Morgan fingerprint density at radius 1 is 1.36 bits per heavy atom. The molecule has 1 aliphatic carbocycles. The summed E-state index contributed by atoms with van der Waals surface area (Å²) in [6.45, 7) is 6.81. The number of rotatable bonds is 6. The quantitative estimate of drug-likeness (QED) is 0.664. The van der Waals surface area contributed by atoms with Crippen LogP contribution in [-0.2, 0) is 4.74 Å². The van der Waals surface area contributed by atoms with Gasteiger partial charge in [0, 0.05) is 19.8 Å². The van der Waals surface area contributed by atoms with Crippen LogP contribution in [0.4, 0.5) is 0 Å². The minimum atomic E-state index is 0.574. The van der Waals surface area contributed by atoms with Gasteiger partial charge < -0.3 is 10.1 Å². The Hall–Kier alpha value is -0.0800. The first-order valence-corrected chi connectivity index (χ1v) is 5.86. The number of ether oxygens (including phenoxy) is 1. The zero-order valence-corrected chi connectivity index (χ0v) is 9.94. The summed E-state index contributed by atoms with van der Waals surface area (Å²) in [6.07, 6.45) is 6.50. The van der Waals surface area contributed by atoms with E-state index in [0.29, 0.717) is 5.41 Å². The van der Waals surface area contributed by atoms with Gasteiger partial charge in [0.25, 0.3) is 0 Å². The van der Waals surface area contributed by atoms with Gasteiger partial charge in [-0.15, -0.1) is 0 Å². The predicted molar refractivity (Wildman–Crippen MR) is 60.5 cm³/mol. The highest BCUT2D eigenvalue weighted by atomic mass is 16.5. The lowest BCUT2D eigenvalue weighted by molar-refractivity contribution is 0.192. The molecule has 0 aromatic heterocycles. The summed E-state index contributed by atoms with van der Waals surface area (Å²) >= 11 is 0. The lowest BCUT2D eigenvalue weighted by atomic mass is 9.92. The van der Waals surface area contributed by atoms with Crippen LogP contribution in [0, 0.1) is 5.41 Å². The summed E-state index contributed by atoms with van der Waals surface area (Å²) < 4.78 is 5.02. The van der Waals surface area contributed by atoms with Gasteiger partial charge in [-0.05, 0) is 44.1 Å². The average Bonchev–Trinajstić information content (AvgIpc) is 2.45. The molecule has 0 spiro atoms. The van der Waals surface area contributed by atoms with E-state index in [9.17, 15) is 0 Å². The first kappa shape index (κ1) is 12.0. The van der Waals surface area contributed by atoms with E-state index >= 15 is 0 Å². The van der Waals surface area contributed by atoms with E-state index in [0.717, 1.165) is 19.2 Å². The van der Waals surface area contributed by atoms with Crippen molar-refractivity contribution in [1.29, 1.82) is 0 Å². The summed E-state index contributed by atoms with van der Waals surface area (Å²) in [5.41, 5.74) is 0.574. The number of unbranched alkanes of at least 4 members (excludes halogenated alkanes) is 1. The number of nitrogens with one attached hydrogen (secondary N) is 1. The molecule has 0 aromatic carbocycles. The van der Waals surface area contributed by atoms with Crippen molar-refractivity contribution in [2.45, 2.75) is 52.0 Å². The van der Waals surface area contributed by atoms with Gasteiger partial charge in [-0.3, -0.25) is 0 Å². The summed E-state index contributed by atoms with van der Waals surface area (Å²) in [5, 5.41) is 3.64. The summed E-state index contributed by atoms with van der Waals surface area (Å²) in [5.74, 6) is 0. The molecule has 2 nitrogen and oxygen atoms in total. The lowest BCUT2D eigenvalue weighted by Crippen LogP contribution is -2.28. The van der Waals surface area contributed by atoms with Crippen molar-refractivity contribution in [1.82, 2.24) is 5.32 Å². The summed E-state index contributed by atoms with van der Waals surface area (Å²) in [7, 11) is 1.77. The zero-order valence-electron chi connectivity index (χ0n) is 9.94. The fourth-order valence-corrected chi connectivity index (χ4v) is 2.29. The molecule has 0 radical (unpaired) electrons. The van der Waals surface area contributed by atoms with Crippen LogP contribution in [0.15, 0.2) is 0 Å². The molecule has 0 amide bonds. The van der Waals surface area contributed by atoms with Crippen molar-refractivity contribution in [3.8, 4) is 0 Å². The summed E-state index contributed by atoms with van der Waals surface area (Å²) in [6, 6.07) is 0.771. The van der Waals surface area contributed by atoms with Crippen LogP contribution in [0.5, 0.6) is 0 Å². The third-order valence-corrected chi connectivity index (χ3v) is 3.18. The standard InChI is InChI=1S/C12H25NO/c1-12(2)7-6-11(10-12)13-8-4-5-9-14-3/h11,13H,4-10H2,1-3H3. The smallest absolute Gasteiger partial charge is 0.0462 e. The summed E-state index contributed by atoms with van der Waals surface area (Å²) in [4.78, 5) is 0. The number of hydrogen-bond donors (Lipinski definition) is 1. The fourth-order valence-electron chi connectivity index (χ4n) is 2.29. The van der Waals surface area contributed by atoms with E-state index in [-0.39, 0.29) is 0 Å². The highest BCUT2D eigenvalue weighted by Gasteiger charge is 2.30. The molecule has 0 bridgehead atoms. The minimum Gasteiger partial charge on any atom is -0.385 e. The Morgan fingerprint density at radius 2 is 2.14 bits per heavy atom. The maximum absolute atomic E-state index is 5.02. The second-order valence-corrected chi connectivity index (χ2v) is 5.26. The van der Waals surface area contributed by atoms with Crippen LogP contribution in [0.1, 0.15) is 46.0 Å². The Bertz CT molecular complexity index is 156. The molecule has 1 fully saturated rings. The van der Waals surface area contributed by atoms with E-state index in [1.807, 2.05) is 0 Å². The molecule has 14 heavy (non-hydrogen) atoms. The van der Waals surface area contributed by atoms with Crippen LogP contribution < -0.4 is 5.32 Å². The van der Waals surface area contributed by atoms with Crippen LogP contribution >= 0.6 is 0 Å². The van der Waals surface area contributed by atoms with Crippen LogP contribution in [-0.4, -0.2) is 26.3 Å².